The van der Waals surface area contributed by atoms with Crippen molar-refractivity contribution in [2.75, 3.05) is 38.0 Å². The zero-order chi connectivity index (χ0) is 23.5. The first-order chi connectivity index (χ1) is 15.1. The number of piperazine rings is 1. The molecule has 1 fully saturated rings. The van der Waals surface area contributed by atoms with Crippen LogP contribution in [0.15, 0.2) is 41.3 Å². The Morgan fingerprint density at radius 3 is 2.28 bits per heavy atom. The third kappa shape index (κ3) is 5.50. The van der Waals surface area contributed by atoms with Crippen LogP contribution in [0, 0.1) is 30.9 Å². The largest absolute Gasteiger partial charge is 0.326 e. The van der Waals surface area contributed by atoms with Gasteiger partial charge in [-0.05, 0) is 55.7 Å². The van der Waals surface area contributed by atoms with Gasteiger partial charge in [-0.1, -0.05) is 6.07 Å². The number of nitro groups is 1. The summed E-state index contributed by atoms with van der Waals surface area (Å²) >= 11 is 0. The van der Waals surface area contributed by atoms with Crippen LogP contribution in [0.1, 0.15) is 23.1 Å². The Morgan fingerprint density at radius 2 is 1.69 bits per heavy atom. The second-order valence-electron chi connectivity index (χ2n) is 8.05. The number of anilines is 1. The van der Waals surface area contributed by atoms with Crippen molar-refractivity contribution in [3.8, 4) is 0 Å². The van der Waals surface area contributed by atoms with E-state index in [0.29, 0.717) is 48.9 Å². The molecule has 0 atom stereocenters. The Kier molecular flexibility index (Phi) is 7.27. The Balaban J connectivity index is 1.50. The summed E-state index contributed by atoms with van der Waals surface area (Å²) < 4.78 is 27.3. The number of carbonyl (C=O) groups excluding carboxylic acids is 1. The molecule has 0 radical (unpaired) electrons. The molecule has 1 aliphatic rings. The summed E-state index contributed by atoms with van der Waals surface area (Å²) in [4.78, 5) is 25.0. The monoisotopic (exact) mass is 460 g/mol. The molecule has 1 amide bonds. The molecule has 0 spiro atoms. The number of non-ortho nitro benzene ring substituents is 1. The van der Waals surface area contributed by atoms with Crippen molar-refractivity contribution in [1.29, 1.82) is 0 Å². The third-order valence-corrected chi connectivity index (χ3v) is 7.69. The molecule has 172 valence electrons. The molecule has 1 aliphatic heterocycles. The smallest absolute Gasteiger partial charge is 0.269 e. The number of aryl methyl sites for hydroxylation is 3. The van der Waals surface area contributed by atoms with Gasteiger partial charge < -0.3 is 10.2 Å². The first-order valence-electron chi connectivity index (χ1n) is 10.4. The first-order valence-corrected chi connectivity index (χ1v) is 11.9. The molecular formula is C22H28N4O5S. The third-order valence-electron chi connectivity index (χ3n) is 5.80. The molecule has 0 aliphatic carbocycles. The fourth-order valence-electron chi connectivity index (χ4n) is 3.59. The fraction of sp³-hybridized carbons (Fsp3) is 0.409. The Hall–Kier alpha value is -2.82. The van der Waals surface area contributed by atoms with Gasteiger partial charge in [0.1, 0.15) is 0 Å². The minimum absolute atomic E-state index is 0.0193. The van der Waals surface area contributed by atoms with Gasteiger partial charge in [0, 0.05) is 57.0 Å². The summed E-state index contributed by atoms with van der Waals surface area (Å²) in [6, 6.07) is 9.49. The van der Waals surface area contributed by atoms with Gasteiger partial charge in [0.2, 0.25) is 15.9 Å². The number of carbonyl (C=O) groups is 1. The number of nitro benzene ring substituents is 1. The highest BCUT2D eigenvalue weighted by Gasteiger charge is 2.28. The van der Waals surface area contributed by atoms with Crippen molar-refractivity contribution in [1.82, 2.24) is 9.21 Å². The van der Waals surface area contributed by atoms with Gasteiger partial charge in [-0.3, -0.25) is 14.9 Å². The van der Waals surface area contributed by atoms with Crippen molar-refractivity contribution < 1.29 is 18.1 Å². The van der Waals surface area contributed by atoms with Crippen LogP contribution in [0.5, 0.6) is 0 Å². The average Bonchev–Trinajstić information content (AvgIpc) is 2.75. The lowest BCUT2D eigenvalue weighted by Gasteiger charge is -2.33. The van der Waals surface area contributed by atoms with Gasteiger partial charge in [-0.15, -0.1) is 0 Å². The number of benzene rings is 2. The molecule has 10 heteroatoms. The lowest BCUT2D eigenvalue weighted by Crippen LogP contribution is -2.49. The van der Waals surface area contributed by atoms with Crippen molar-refractivity contribution >= 4 is 27.3 Å². The second kappa shape index (κ2) is 9.76. The van der Waals surface area contributed by atoms with E-state index >= 15 is 0 Å². The van der Waals surface area contributed by atoms with E-state index in [2.05, 4.69) is 10.2 Å². The van der Waals surface area contributed by atoms with Crippen LogP contribution in [-0.4, -0.2) is 61.2 Å². The fourth-order valence-corrected chi connectivity index (χ4v) is 5.10. The normalized spacial score (nSPS) is 15.5. The molecule has 0 saturated carbocycles. The molecule has 2 aromatic rings. The predicted molar refractivity (Wildman–Crippen MR) is 122 cm³/mol. The van der Waals surface area contributed by atoms with Crippen molar-refractivity contribution in [3.05, 3.63) is 63.2 Å². The van der Waals surface area contributed by atoms with E-state index in [-0.39, 0.29) is 18.0 Å². The van der Waals surface area contributed by atoms with Crippen LogP contribution in [0.2, 0.25) is 0 Å². The Bertz CT molecular complexity index is 1130. The Morgan fingerprint density at radius 1 is 1.00 bits per heavy atom. The molecule has 3 rings (SSSR count). The average molecular weight is 461 g/mol. The summed E-state index contributed by atoms with van der Waals surface area (Å²) in [6.07, 6.45) is 0.250. The van der Waals surface area contributed by atoms with Crippen LogP contribution in [-0.2, 0) is 14.8 Å². The van der Waals surface area contributed by atoms with Crippen LogP contribution in [0.4, 0.5) is 11.4 Å². The molecule has 1 heterocycles. The van der Waals surface area contributed by atoms with Gasteiger partial charge in [0.15, 0.2) is 0 Å². The van der Waals surface area contributed by atoms with Gasteiger partial charge >= 0.3 is 0 Å². The lowest BCUT2D eigenvalue weighted by molar-refractivity contribution is -0.384. The van der Waals surface area contributed by atoms with E-state index in [1.165, 1.54) is 22.5 Å². The van der Waals surface area contributed by atoms with E-state index in [1.54, 1.807) is 19.1 Å². The maximum Gasteiger partial charge on any atom is 0.269 e. The maximum atomic E-state index is 12.9. The standard InChI is InChI=1S/C22H28N4O5S/c1-16-4-6-20(15-17(16)2)32(30,31)25-12-10-24(11-13-25)9-8-22(27)23-21-7-5-19(26(28)29)14-18(21)3/h4-7,14-15H,8-13H2,1-3H3,(H,23,27). The van der Waals surface area contributed by atoms with E-state index in [1.807, 2.05) is 19.9 Å². The van der Waals surface area contributed by atoms with E-state index in [0.717, 1.165) is 11.1 Å². The topological polar surface area (TPSA) is 113 Å². The number of rotatable bonds is 7. The minimum atomic E-state index is -3.53. The number of amides is 1. The molecule has 2 aromatic carbocycles. The number of sulfonamides is 1. The van der Waals surface area contributed by atoms with Crippen molar-refractivity contribution in [3.63, 3.8) is 0 Å². The van der Waals surface area contributed by atoms with Crippen LogP contribution in [0.25, 0.3) is 0 Å². The van der Waals surface area contributed by atoms with Gasteiger partial charge in [0.05, 0.1) is 9.82 Å². The molecule has 32 heavy (non-hydrogen) atoms. The molecule has 0 bridgehead atoms. The van der Waals surface area contributed by atoms with Crippen molar-refractivity contribution in [2.24, 2.45) is 0 Å². The second-order valence-corrected chi connectivity index (χ2v) is 9.98. The van der Waals surface area contributed by atoms with Crippen LogP contribution >= 0.6 is 0 Å². The van der Waals surface area contributed by atoms with Gasteiger partial charge in [-0.25, -0.2) is 8.42 Å². The molecular weight excluding hydrogens is 432 g/mol. The summed E-state index contributed by atoms with van der Waals surface area (Å²) in [5.41, 5.74) is 3.15. The SMILES string of the molecule is Cc1ccc(S(=O)(=O)N2CCN(CCC(=O)Nc3ccc([N+](=O)[O-])cc3C)CC2)cc1C. The highest BCUT2D eigenvalue weighted by molar-refractivity contribution is 7.89. The number of hydrogen-bond acceptors (Lipinski definition) is 6. The zero-order valence-electron chi connectivity index (χ0n) is 18.5. The first kappa shape index (κ1) is 23.8. The number of nitrogens with zero attached hydrogens (tertiary/aromatic N) is 3. The number of hydrogen-bond donors (Lipinski definition) is 1. The summed E-state index contributed by atoms with van der Waals surface area (Å²) in [5, 5.41) is 13.6. The molecule has 1 N–H and O–H groups in total. The Labute approximate surface area is 188 Å². The summed E-state index contributed by atoms with van der Waals surface area (Å²) in [7, 11) is -3.53. The summed E-state index contributed by atoms with van der Waals surface area (Å²) in [5.74, 6) is -0.188. The predicted octanol–water partition coefficient (Wildman–Crippen LogP) is 2.86. The number of nitrogens with one attached hydrogen (secondary N) is 1. The highest BCUT2D eigenvalue weighted by atomic mass is 32.2. The molecule has 0 unspecified atom stereocenters. The lowest BCUT2D eigenvalue weighted by atomic mass is 10.1. The van der Waals surface area contributed by atoms with E-state index in [9.17, 15) is 23.3 Å². The zero-order valence-corrected chi connectivity index (χ0v) is 19.3. The van der Waals surface area contributed by atoms with Crippen molar-refractivity contribution in [2.45, 2.75) is 32.1 Å². The van der Waals surface area contributed by atoms with Crippen LogP contribution in [0.3, 0.4) is 0 Å². The van der Waals surface area contributed by atoms with Gasteiger partial charge in [0.25, 0.3) is 5.69 Å². The quantitative estimate of drug-likeness (QED) is 0.502. The molecule has 0 aromatic heterocycles. The van der Waals surface area contributed by atoms with Crippen LogP contribution < -0.4 is 5.32 Å². The highest BCUT2D eigenvalue weighted by Crippen LogP contribution is 2.22. The molecule has 9 nitrogen and oxygen atoms in total. The van der Waals surface area contributed by atoms with E-state index in [4.69, 9.17) is 0 Å². The summed E-state index contributed by atoms with van der Waals surface area (Å²) in [6.45, 7) is 7.91. The molecule has 1 saturated heterocycles. The van der Waals surface area contributed by atoms with E-state index < -0.39 is 14.9 Å². The van der Waals surface area contributed by atoms with Gasteiger partial charge in [-0.2, -0.15) is 4.31 Å². The minimum Gasteiger partial charge on any atom is -0.326 e. The maximum absolute atomic E-state index is 12.9.